The Morgan fingerprint density at radius 2 is 1.85 bits per heavy atom. The van der Waals surface area contributed by atoms with E-state index in [4.69, 9.17) is 0 Å². The molecule has 3 N–H and O–H groups in total. The third-order valence-electron chi connectivity index (χ3n) is 2.22. The molecule has 4 nitrogen and oxygen atoms in total. The number of carbonyl (C=O) groups excluding carboxylic acids is 1. The summed E-state index contributed by atoms with van der Waals surface area (Å²) in [7, 11) is 0. The van der Waals surface area contributed by atoms with Crippen LogP contribution in [-0.2, 0) is 0 Å². The molecule has 0 bridgehead atoms. The van der Waals surface area contributed by atoms with Gasteiger partial charge in [0, 0.05) is 5.56 Å². The molecule has 1 unspecified atom stereocenters. The lowest BCUT2D eigenvalue weighted by Crippen LogP contribution is -2.38. The topological polar surface area (TPSA) is 77.8 Å². The third-order valence-corrected chi connectivity index (χ3v) is 2.22. The highest BCUT2D eigenvalue weighted by Gasteiger charge is 2.50. The third kappa shape index (κ3) is 0.935. The molecule has 2 rings (SSSR count). The fourth-order valence-corrected chi connectivity index (χ4v) is 1.48. The maximum atomic E-state index is 11.3. The van der Waals surface area contributed by atoms with Crippen molar-refractivity contribution in [1.29, 1.82) is 0 Å². The zero-order chi connectivity index (χ0) is 9.64. The van der Waals surface area contributed by atoms with Crippen LogP contribution >= 0.6 is 0 Å². The Morgan fingerprint density at radius 3 is 2.46 bits per heavy atom. The predicted molar refractivity (Wildman–Crippen MR) is 42.9 cm³/mol. The Kier molecular flexibility index (Phi) is 1.53. The monoisotopic (exact) mass is 180 g/mol. The Morgan fingerprint density at radius 1 is 1.23 bits per heavy atom. The van der Waals surface area contributed by atoms with Gasteiger partial charge in [0.15, 0.2) is 0 Å². The van der Waals surface area contributed by atoms with Crippen LogP contribution in [0.3, 0.4) is 0 Å². The van der Waals surface area contributed by atoms with Crippen molar-refractivity contribution in [1.82, 2.24) is 0 Å². The van der Waals surface area contributed by atoms with Crippen molar-refractivity contribution in [2.75, 3.05) is 0 Å². The summed E-state index contributed by atoms with van der Waals surface area (Å²) >= 11 is 0. The largest absolute Gasteiger partial charge is 0.382 e. The average molecular weight is 180 g/mol. The molecule has 0 spiro atoms. The van der Waals surface area contributed by atoms with Crippen molar-refractivity contribution >= 4 is 5.78 Å². The van der Waals surface area contributed by atoms with Gasteiger partial charge in [0.2, 0.25) is 5.78 Å². The normalized spacial score (nSPS) is 24.5. The number of hydrogen-bond acceptors (Lipinski definition) is 4. The molecule has 4 heteroatoms. The van der Waals surface area contributed by atoms with Crippen molar-refractivity contribution in [3.63, 3.8) is 0 Å². The smallest absolute Gasteiger partial charge is 0.260 e. The van der Waals surface area contributed by atoms with E-state index in [-0.39, 0.29) is 11.1 Å². The second-order valence-corrected chi connectivity index (χ2v) is 3.05. The molecule has 1 aromatic rings. The molecular weight excluding hydrogens is 172 g/mol. The summed E-state index contributed by atoms with van der Waals surface area (Å²) in [6.07, 6.45) is -1.55. The van der Waals surface area contributed by atoms with Crippen LogP contribution in [0.25, 0.3) is 0 Å². The minimum absolute atomic E-state index is 0.167. The molecule has 0 fully saturated rings. The fourth-order valence-electron chi connectivity index (χ4n) is 1.48. The van der Waals surface area contributed by atoms with Gasteiger partial charge >= 0.3 is 0 Å². The summed E-state index contributed by atoms with van der Waals surface area (Å²) in [6, 6.07) is 6.17. The second kappa shape index (κ2) is 2.38. The maximum absolute atomic E-state index is 11.3. The van der Waals surface area contributed by atoms with E-state index in [0.717, 1.165) is 0 Å². The molecule has 0 saturated carbocycles. The first-order valence-corrected chi connectivity index (χ1v) is 3.81. The highest BCUT2D eigenvalue weighted by Crippen LogP contribution is 2.36. The van der Waals surface area contributed by atoms with Gasteiger partial charge in [-0.15, -0.1) is 0 Å². The van der Waals surface area contributed by atoms with Gasteiger partial charge in [-0.05, 0) is 5.56 Å². The summed E-state index contributed by atoms with van der Waals surface area (Å²) in [4.78, 5) is 11.3. The summed E-state index contributed by atoms with van der Waals surface area (Å²) in [5.74, 6) is -3.51. The number of Topliss-reactive ketones (excluding diaryl/α,β-unsaturated/α-hetero) is 1. The van der Waals surface area contributed by atoms with Crippen LogP contribution in [0.4, 0.5) is 0 Å². The fraction of sp³-hybridized carbons (Fsp3) is 0.222. The molecule has 1 atom stereocenters. The number of carbonyl (C=O) groups is 1. The molecule has 1 aliphatic carbocycles. The van der Waals surface area contributed by atoms with Crippen LogP contribution in [0.5, 0.6) is 0 Å². The van der Waals surface area contributed by atoms with E-state index in [1.54, 1.807) is 12.1 Å². The summed E-state index contributed by atoms with van der Waals surface area (Å²) in [5, 5.41) is 27.8. The number of aliphatic hydroxyl groups is 3. The van der Waals surface area contributed by atoms with Crippen LogP contribution in [0.2, 0.25) is 0 Å². The van der Waals surface area contributed by atoms with E-state index in [1.165, 1.54) is 12.1 Å². The lowest BCUT2D eigenvalue weighted by Gasteiger charge is -2.17. The molecule has 1 aliphatic rings. The van der Waals surface area contributed by atoms with Gasteiger partial charge in [0.25, 0.3) is 5.79 Å². The lowest BCUT2D eigenvalue weighted by atomic mass is 10.1. The molecule has 0 saturated heterocycles. The Labute approximate surface area is 74.1 Å². The molecule has 1 aromatic carbocycles. The zero-order valence-corrected chi connectivity index (χ0v) is 6.64. The van der Waals surface area contributed by atoms with Crippen LogP contribution in [0.15, 0.2) is 24.3 Å². The number of ketones is 1. The average Bonchev–Trinajstić information content (AvgIpc) is 2.30. The first-order valence-electron chi connectivity index (χ1n) is 3.81. The van der Waals surface area contributed by atoms with Crippen molar-refractivity contribution in [3.05, 3.63) is 35.4 Å². The van der Waals surface area contributed by atoms with Gasteiger partial charge in [-0.3, -0.25) is 4.79 Å². The Bertz CT molecular complexity index is 370. The quantitative estimate of drug-likeness (QED) is 0.474. The van der Waals surface area contributed by atoms with Gasteiger partial charge < -0.3 is 15.3 Å². The second-order valence-electron chi connectivity index (χ2n) is 3.05. The first-order chi connectivity index (χ1) is 6.05. The summed E-state index contributed by atoms with van der Waals surface area (Å²) in [6.45, 7) is 0. The molecule has 13 heavy (non-hydrogen) atoms. The van der Waals surface area contributed by atoms with Crippen LogP contribution in [-0.4, -0.2) is 26.9 Å². The van der Waals surface area contributed by atoms with E-state index in [0.29, 0.717) is 0 Å². The van der Waals surface area contributed by atoms with E-state index < -0.39 is 17.7 Å². The predicted octanol–water partition coefficient (Wildman–Crippen LogP) is -0.403. The Balaban J connectivity index is 2.64. The van der Waals surface area contributed by atoms with Gasteiger partial charge in [0.1, 0.15) is 6.10 Å². The van der Waals surface area contributed by atoms with Crippen LogP contribution < -0.4 is 0 Å². The van der Waals surface area contributed by atoms with Crippen molar-refractivity contribution in [2.45, 2.75) is 11.9 Å². The number of hydrogen-bond donors (Lipinski definition) is 3. The molecule has 0 aromatic heterocycles. The van der Waals surface area contributed by atoms with Crippen molar-refractivity contribution in [2.24, 2.45) is 0 Å². The van der Waals surface area contributed by atoms with Gasteiger partial charge in [0.05, 0.1) is 0 Å². The standard InChI is InChI=1S/C9H8O4/c10-7-5-3-1-2-4-6(5)8(11)9(7,12)13/h1-4,7,10,12-13H. The molecule has 0 aliphatic heterocycles. The zero-order valence-electron chi connectivity index (χ0n) is 6.64. The van der Waals surface area contributed by atoms with Gasteiger partial charge in [-0.2, -0.15) is 0 Å². The van der Waals surface area contributed by atoms with Gasteiger partial charge in [-0.1, -0.05) is 24.3 Å². The molecule has 0 heterocycles. The van der Waals surface area contributed by atoms with E-state index in [2.05, 4.69) is 0 Å². The minimum Gasteiger partial charge on any atom is -0.382 e. The summed E-state index contributed by atoms with van der Waals surface area (Å²) in [5.41, 5.74) is 0.428. The van der Waals surface area contributed by atoms with Crippen molar-refractivity contribution < 1.29 is 20.1 Å². The molecular formula is C9H8O4. The summed E-state index contributed by atoms with van der Waals surface area (Å²) < 4.78 is 0. The van der Waals surface area contributed by atoms with Crippen LogP contribution in [0, 0.1) is 0 Å². The molecule has 68 valence electrons. The SMILES string of the molecule is O=C1c2ccccc2C(O)C1(O)O. The Hall–Kier alpha value is -1.23. The number of aliphatic hydroxyl groups excluding tert-OH is 1. The van der Waals surface area contributed by atoms with Gasteiger partial charge in [-0.25, -0.2) is 0 Å². The highest BCUT2D eigenvalue weighted by molar-refractivity contribution is 6.06. The van der Waals surface area contributed by atoms with E-state index >= 15 is 0 Å². The minimum atomic E-state index is -2.66. The maximum Gasteiger partial charge on any atom is 0.260 e. The van der Waals surface area contributed by atoms with Crippen LogP contribution in [0.1, 0.15) is 22.0 Å². The van der Waals surface area contributed by atoms with E-state index in [1.807, 2.05) is 0 Å². The number of fused-ring (bicyclic) bond motifs is 1. The first kappa shape index (κ1) is 8.37. The van der Waals surface area contributed by atoms with E-state index in [9.17, 15) is 20.1 Å². The highest BCUT2D eigenvalue weighted by atomic mass is 16.5. The van der Waals surface area contributed by atoms with Crippen molar-refractivity contribution in [3.8, 4) is 0 Å². The number of benzene rings is 1. The molecule has 0 amide bonds. The lowest BCUT2D eigenvalue weighted by molar-refractivity contribution is -0.183. The molecule has 0 radical (unpaired) electrons. The number of rotatable bonds is 0.